The van der Waals surface area contributed by atoms with Crippen molar-refractivity contribution in [2.45, 2.75) is 19.9 Å². The zero-order chi connectivity index (χ0) is 12.3. The first-order valence-electron chi connectivity index (χ1n) is 4.78. The molecular formula is C10H13BrFN3O. The summed E-state index contributed by atoms with van der Waals surface area (Å²) < 4.78 is 14.0. The molecule has 1 heterocycles. The first-order chi connectivity index (χ1) is 7.41. The molecule has 0 bridgehead atoms. The Balaban J connectivity index is 2.90. The van der Waals surface area contributed by atoms with Gasteiger partial charge in [0.1, 0.15) is 6.04 Å². The predicted molar refractivity (Wildman–Crippen MR) is 63.3 cm³/mol. The molecule has 0 spiro atoms. The van der Waals surface area contributed by atoms with Gasteiger partial charge in [0.05, 0.1) is 0 Å². The second-order valence-electron chi connectivity index (χ2n) is 3.75. The van der Waals surface area contributed by atoms with Crippen LogP contribution in [0.15, 0.2) is 16.7 Å². The summed E-state index contributed by atoms with van der Waals surface area (Å²) in [5.74, 6) is -1.07. The van der Waals surface area contributed by atoms with Crippen LogP contribution >= 0.6 is 15.9 Å². The maximum absolute atomic E-state index is 13.4. The molecule has 0 aliphatic heterocycles. The standard InChI is InChI=1S/C10H13BrFN3O/c1-5(2)8(9(13)16)15-10-7(12)3-6(11)4-14-10/h3-5,8H,1-2H3,(H2,13,16)(H,14,15). The highest BCUT2D eigenvalue weighted by Gasteiger charge is 2.21. The third-order valence-electron chi connectivity index (χ3n) is 2.07. The average Bonchev–Trinajstić information content (AvgIpc) is 2.15. The minimum absolute atomic E-state index is 0.0284. The van der Waals surface area contributed by atoms with Gasteiger partial charge in [-0.05, 0) is 27.9 Å². The number of hydrogen-bond acceptors (Lipinski definition) is 3. The second-order valence-corrected chi connectivity index (χ2v) is 4.67. The Bertz CT molecular complexity index is 398. The van der Waals surface area contributed by atoms with Crippen molar-refractivity contribution in [2.24, 2.45) is 11.7 Å². The van der Waals surface area contributed by atoms with Crippen LogP contribution in [0.1, 0.15) is 13.8 Å². The summed E-state index contributed by atoms with van der Waals surface area (Å²) in [6.45, 7) is 3.64. The van der Waals surface area contributed by atoms with E-state index in [1.54, 1.807) is 0 Å². The number of amides is 1. The molecule has 0 radical (unpaired) electrons. The fraction of sp³-hybridized carbons (Fsp3) is 0.400. The lowest BCUT2D eigenvalue weighted by Crippen LogP contribution is -2.40. The zero-order valence-electron chi connectivity index (χ0n) is 9.00. The number of hydrogen-bond donors (Lipinski definition) is 2. The number of primary amides is 1. The summed E-state index contributed by atoms with van der Waals surface area (Å²) >= 11 is 3.10. The van der Waals surface area contributed by atoms with Crippen molar-refractivity contribution in [1.29, 1.82) is 0 Å². The lowest BCUT2D eigenvalue weighted by molar-refractivity contribution is -0.119. The predicted octanol–water partition coefficient (Wildman–Crippen LogP) is 1.90. The molecule has 0 saturated heterocycles. The number of pyridine rings is 1. The Morgan fingerprint density at radius 3 is 2.69 bits per heavy atom. The molecule has 1 amide bonds. The van der Waals surface area contributed by atoms with E-state index in [-0.39, 0.29) is 11.7 Å². The van der Waals surface area contributed by atoms with Crippen LogP contribution in [0.5, 0.6) is 0 Å². The smallest absolute Gasteiger partial charge is 0.240 e. The lowest BCUT2D eigenvalue weighted by Gasteiger charge is -2.19. The van der Waals surface area contributed by atoms with Crippen molar-refractivity contribution in [3.05, 3.63) is 22.6 Å². The van der Waals surface area contributed by atoms with Gasteiger partial charge in [0.15, 0.2) is 11.6 Å². The van der Waals surface area contributed by atoms with Crippen molar-refractivity contribution >= 4 is 27.7 Å². The molecule has 1 atom stereocenters. The van der Waals surface area contributed by atoms with E-state index in [1.807, 2.05) is 13.8 Å². The summed E-state index contributed by atoms with van der Waals surface area (Å²) in [6, 6.07) is 0.636. The van der Waals surface area contributed by atoms with Gasteiger partial charge in [-0.3, -0.25) is 4.79 Å². The van der Waals surface area contributed by atoms with Gasteiger partial charge in [0.25, 0.3) is 0 Å². The summed E-state index contributed by atoms with van der Waals surface area (Å²) in [7, 11) is 0. The number of carbonyl (C=O) groups excluding carboxylic acids is 1. The fourth-order valence-corrected chi connectivity index (χ4v) is 1.54. The SMILES string of the molecule is CC(C)C(Nc1ncc(Br)cc1F)C(N)=O. The molecule has 88 valence electrons. The molecule has 1 aromatic heterocycles. The number of anilines is 1. The number of nitrogens with one attached hydrogen (secondary N) is 1. The first kappa shape index (κ1) is 12.9. The van der Waals surface area contributed by atoms with E-state index in [0.29, 0.717) is 4.47 Å². The van der Waals surface area contributed by atoms with Crippen LogP contribution in [0.4, 0.5) is 10.2 Å². The van der Waals surface area contributed by atoms with Gasteiger partial charge in [-0.15, -0.1) is 0 Å². The molecule has 3 N–H and O–H groups in total. The van der Waals surface area contributed by atoms with Gasteiger partial charge in [0.2, 0.25) is 5.91 Å². The monoisotopic (exact) mass is 289 g/mol. The molecule has 0 fully saturated rings. The molecule has 0 aliphatic rings. The van der Waals surface area contributed by atoms with Crippen molar-refractivity contribution in [3.8, 4) is 0 Å². The normalized spacial score (nSPS) is 12.6. The molecule has 0 aromatic carbocycles. The van der Waals surface area contributed by atoms with Crippen LogP contribution < -0.4 is 11.1 Å². The lowest BCUT2D eigenvalue weighted by atomic mass is 10.0. The van der Waals surface area contributed by atoms with E-state index < -0.39 is 17.8 Å². The van der Waals surface area contributed by atoms with E-state index in [0.717, 1.165) is 0 Å². The van der Waals surface area contributed by atoms with E-state index >= 15 is 0 Å². The van der Waals surface area contributed by atoms with Crippen LogP contribution in [-0.2, 0) is 4.79 Å². The second kappa shape index (κ2) is 5.25. The van der Waals surface area contributed by atoms with Gasteiger partial charge in [-0.25, -0.2) is 9.37 Å². The Labute approximate surface area is 102 Å². The van der Waals surface area contributed by atoms with Crippen molar-refractivity contribution in [3.63, 3.8) is 0 Å². The van der Waals surface area contributed by atoms with E-state index in [4.69, 9.17) is 5.73 Å². The number of aromatic nitrogens is 1. The van der Waals surface area contributed by atoms with E-state index in [1.165, 1.54) is 12.3 Å². The topological polar surface area (TPSA) is 68.0 Å². The minimum atomic E-state index is -0.636. The number of halogens is 2. The fourth-order valence-electron chi connectivity index (χ4n) is 1.23. The van der Waals surface area contributed by atoms with Gasteiger partial charge in [0, 0.05) is 10.7 Å². The molecule has 1 rings (SSSR count). The zero-order valence-corrected chi connectivity index (χ0v) is 10.6. The summed E-state index contributed by atoms with van der Waals surface area (Å²) in [5, 5.41) is 2.69. The average molecular weight is 290 g/mol. The number of rotatable bonds is 4. The molecular weight excluding hydrogens is 277 g/mol. The van der Waals surface area contributed by atoms with E-state index in [2.05, 4.69) is 26.2 Å². The maximum atomic E-state index is 13.4. The highest BCUT2D eigenvalue weighted by molar-refractivity contribution is 9.10. The summed E-state index contributed by atoms with van der Waals surface area (Å²) in [4.78, 5) is 15.0. The Kier molecular flexibility index (Phi) is 4.23. The van der Waals surface area contributed by atoms with E-state index in [9.17, 15) is 9.18 Å². The van der Waals surface area contributed by atoms with Crippen LogP contribution in [0.25, 0.3) is 0 Å². The third kappa shape index (κ3) is 3.16. The van der Waals surface area contributed by atoms with Crippen LogP contribution in [0, 0.1) is 11.7 Å². The largest absolute Gasteiger partial charge is 0.368 e. The first-order valence-corrected chi connectivity index (χ1v) is 5.58. The minimum Gasteiger partial charge on any atom is -0.368 e. The molecule has 16 heavy (non-hydrogen) atoms. The van der Waals surface area contributed by atoms with Gasteiger partial charge < -0.3 is 11.1 Å². The van der Waals surface area contributed by atoms with Crippen LogP contribution in [0.2, 0.25) is 0 Å². The molecule has 0 aliphatic carbocycles. The highest BCUT2D eigenvalue weighted by Crippen LogP contribution is 2.18. The maximum Gasteiger partial charge on any atom is 0.240 e. The van der Waals surface area contributed by atoms with Crippen molar-refractivity contribution < 1.29 is 9.18 Å². The summed E-state index contributed by atoms with van der Waals surface area (Å²) in [5.41, 5.74) is 5.20. The molecule has 1 unspecified atom stereocenters. The van der Waals surface area contributed by atoms with Crippen LogP contribution in [0.3, 0.4) is 0 Å². The molecule has 1 aromatic rings. The van der Waals surface area contributed by atoms with Gasteiger partial charge in [-0.1, -0.05) is 13.8 Å². The molecule has 0 saturated carbocycles. The van der Waals surface area contributed by atoms with Crippen molar-refractivity contribution in [1.82, 2.24) is 4.98 Å². The Morgan fingerprint density at radius 2 is 2.25 bits per heavy atom. The molecule has 6 heteroatoms. The van der Waals surface area contributed by atoms with Gasteiger partial charge in [-0.2, -0.15) is 0 Å². The Morgan fingerprint density at radius 1 is 1.62 bits per heavy atom. The number of carbonyl (C=O) groups is 1. The number of nitrogens with two attached hydrogens (primary N) is 1. The van der Waals surface area contributed by atoms with Crippen LogP contribution in [-0.4, -0.2) is 16.9 Å². The Hall–Kier alpha value is -1.17. The van der Waals surface area contributed by atoms with Crippen molar-refractivity contribution in [2.75, 3.05) is 5.32 Å². The third-order valence-corrected chi connectivity index (χ3v) is 2.51. The number of nitrogens with zero attached hydrogens (tertiary/aromatic N) is 1. The highest BCUT2D eigenvalue weighted by atomic mass is 79.9. The quantitative estimate of drug-likeness (QED) is 0.890. The van der Waals surface area contributed by atoms with Gasteiger partial charge >= 0.3 is 0 Å². The summed E-state index contributed by atoms with van der Waals surface area (Å²) in [6.07, 6.45) is 1.45. The molecule has 4 nitrogen and oxygen atoms in total.